The highest BCUT2D eigenvalue weighted by Gasteiger charge is 2.04. The SMILES string of the molecule is CCC(=Cc1cccc([N+](=O)[O-])c1)CN. The van der Waals surface area contributed by atoms with Crippen LogP contribution in [0.1, 0.15) is 18.9 Å². The zero-order chi connectivity index (χ0) is 11.3. The maximum Gasteiger partial charge on any atom is 0.270 e. The smallest absolute Gasteiger partial charge is 0.270 e. The van der Waals surface area contributed by atoms with Crippen LogP contribution in [0.2, 0.25) is 0 Å². The molecule has 0 aliphatic carbocycles. The highest BCUT2D eigenvalue weighted by atomic mass is 16.6. The van der Waals surface area contributed by atoms with Crippen LogP contribution < -0.4 is 5.73 Å². The van der Waals surface area contributed by atoms with Gasteiger partial charge in [0.15, 0.2) is 0 Å². The first-order chi connectivity index (χ1) is 7.17. The first-order valence-electron chi connectivity index (χ1n) is 4.81. The predicted octanol–water partition coefficient (Wildman–Crippen LogP) is 2.35. The molecule has 0 saturated carbocycles. The minimum atomic E-state index is -0.397. The lowest BCUT2D eigenvalue weighted by atomic mass is 10.1. The van der Waals surface area contributed by atoms with Crippen LogP contribution in [0.25, 0.3) is 6.08 Å². The van der Waals surface area contributed by atoms with Crippen molar-refractivity contribution in [3.05, 3.63) is 45.5 Å². The van der Waals surface area contributed by atoms with Crippen LogP contribution in [0.5, 0.6) is 0 Å². The molecule has 0 aliphatic heterocycles. The van der Waals surface area contributed by atoms with Crippen LogP contribution in [0, 0.1) is 10.1 Å². The second-order valence-electron chi connectivity index (χ2n) is 3.21. The predicted molar refractivity (Wildman–Crippen MR) is 60.4 cm³/mol. The van der Waals surface area contributed by atoms with Gasteiger partial charge in [-0.1, -0.05) is 30.7 Å². The maximum absolute atomic E-state index is 10.5. The van der Waals surface area contributed by atoms with Gasteiger partial charge in [-0.15, -0.1) is 0 Å². The van der Waals surface area contributed by atoms with E-state index in [1.165, 1.54) is 6.07 Å². The number of rotatable bonds is 4. The van der Waals surface area contributed by atoms with Gasteiger partial charge in [0, 0.05) is 18.7 Å². The lowest BCUT2D eigenvalue weighted by molar-refractivity contribution is -0.384. The molecule has 0 fully saturated rings. The van der Waals surface area contributed by atoms with E-state index in [2.05, 4.69) is 0 Å². The van der Waals surface area contributed by atoms with Crippen molar-refractivity contribution in [2.45, 2.75) is 13.3 Å². The summed E-state index contributed by atoms with van der Waals surface area (Å²) in [7, 11) is 0. The Morgan fingerprint density at radius 1 is 1.60 bits per heavy atom. The van der Waals surface area contributed by atoms with Crippen LogP contribution in [0.3, 0.4) is 0 Å². The molecule has 1 rings (SSSR count). The molecule has 0 heterocycles. The average Bonchev–Trinajstić information content (AvgIpc) is 2.26. The molecule has 2 N–H and O–H groups in total. The molecule has 0 amide bonds. The molecule has 1 aromatic carbocycles. The maximum atomic E-state index is 10.5. The first-order valence-corrected chi connectivity index (χ1v) is 4.81. The van der Waals surface area contributed by atoms with Crippen LogP contribution in [0.4, 0.5) is 5.69 Å². The number of nitrogens with zero attached hydrogens (tertiary/aromatic N) is 1. The van der Waals surface area contributed by atoms with Gasteiger partial charge in [0.2, 0.25) is 0 Å². The van der Waals surface area contributed by atoms with Crippen molar-refractivity contribution in [2.75, 3.05) is 6.54 Å². The van der Waals surface area contributed by atoms with Crippen LogP contribution in [0.15, 0.2) is 29.8 Å². The normalized spacial score (nSPS) is 11.5. The molecule has 1 aromatic rings. The number of non-ortho nitro benzene ring substituents is 1. The molecule has 0 aliphatic rings. The molecule has 0 unspecified atom stereocenters. The third kappa shape index (κ3) is 3.18. The van der Waals surface area contributed by atoms with Crippen molar-refractivity contribution in [3.8, 4) is 0 Å². The second kappa shape index (κ2) is 5.26. The second-order valence-corrected chi connectivity index (χ2v) is 3.21. The summed E-state index contributed by atoms with van der Waals surface area (Å²) in [6, 6.07) is 6.53. The summed E-state index contributed by atoms with van der Waals surface area (Å²) in [4.78, 5) is 10.1. The van der Waals surface area contributed by atoms with Gasteiger partial charge in [-0.3, -0.25) is 10.1 Å². The topological polar surface area (TPSA) is 69.2 Å². The van der Waals surface area contributed by atoms with Gasteiger partial charge in [-0.25, -0.2) is 0 Å². The minimum absolute atomic E-state index is 0.108. The molecule has 4 heteroatoms. The molecule has 15 heavy (non-hydrogen) atoms. The Balaban J connectivity index is 3.00. The zero-order valence-corrected chi connectivity index (χ0v) is 8.64. The van der Waals surface area contributed by atoms with E-state index in [1.807, 2.05) is 19.1 Å². The van der Waals surface area contributed by atoms with E-state index in [4.69, 9.17) is 5.73 Å². The molecule has 0 spiro atoms. The Bertz CT molecular complexity index is 380. The van der Waals surface area contributed by atoms with Crippen molar-refractivity contribution in [2.24, 2.45) is 5.73 Å². The fourth-order valence-electron chi connectivity index (χ4n) is 1.27. The van der Waals surface area contributed by atoms with E-state index in [0.717, 1.165) is 17.6 Å². The number of benzene rings is 1. The van der Waals surface area contributed by atoms with E-state index >= 15 is 0 Å². The Morgan fingerprint density at radius 2 is 2.33 bits per heavy atom. The lowest BCUT2D eigenvalue weighted by Gasteiger charge is -2.00. The fourth-order valence-corrected chi connectivity index (χ4v) is 1.27. The van der Waals surface area contributed by atoms with Gasteiger partial charge in [0.05, 0.1) is 4.92 Å². The summed E-state index contributed by atoms with van der Waals surface area (Å²) in [5.41, 5.74) is 7.54. The van der Waals surface area contributed by atoms with Gasteiger partial charge >= 0.3 is 0 Å². The highest BCUT2D eigenvalue weighted by molar-refractivity contribution is 5.56. The lowest BCUT2D eigenvalue weighted by Crippen LogP contribution is -2.01. The van der Waals surface area contributed by atoms with E-state index < -0.39 is 4.92 Å². The summed E-state index contributed by atoms with van der Waals surface area (Å²) >= 11 is 0. The monoisotopic (exact) mass is 206 g/mol. The average molecular weight is 206 g/mol. The van der Waals surface area contributed by atoms with Gasteiger partial charge in [-0.2, -0.15) is 0 Å². The Labute approximate surface area is 88.6 Å². The Kier molecular flexibility index (Phi) is 4.00. The Morgan fingerprint density at radius 3 is 2.87 bits per heavy atom. The first kappa shape index (κ1) is 11.4. The molecule has 0 saturated heterocycles. The summed E-state index contributed by atoms with van der Waals surface area (Å²) in [6.07, 6.45) is 2.76. The van der Waals surface area contributed by atoms with Crippen molar-refractivity contribution < 1.29 is 4.92 Å². The number of nitrogens with two attached hydrogens (primary N) is 1. The van der Waals surface area contributed by atoms with E-state index in [9.17, 15) is 10.1 Å². The van der Waals surface area contributed by atoms with Gasteiger partial charge in [0.25, 0.3) is 5.69 Å². The molecule has 0 bridgehead atoms. The van der Waals surface area contributed by atoms with Crippen molar-refractivity contribution in [3.63, 3.8) is 0 Å². The van der Waals surface area contributed by atoms with Crippen molar-refractivity contribution in [1.29, 1.82) is 0 Å². The van der Waals surface area contributed by atoms with E-state index in [0.29, 0.717) is 6.54 Å². The van der Waals surface area contributed by atoms with Gasteiger partial charge in [0.1, 0.15) is 0 Å². The van der Waals surface area contributed by atoms with Crippen molar-refractivity contribution >= 4 is 11.8 Å². The third-order valence-electron chi connectivity index (χ3n) is 2.17. The molecule has 4 nitrogen and oxygen atoms in total. The number of hydrogen-bond donors (Lipinski definition) is 1. The van der Waals surface area contributed by atoms with Crippen LogP contribution >= 0.6 is 0 Å². The van der Waals surface area contributed by atoms with E-state index in [-0.39, 0.29) is 5.69 Å². The summed E-state index contributed by atoms with van der Waals surface area (Å²) in [6.45, 7) is 2.50. The van der Waals surface area contributed by atoms with Gasteiger partial charge < -0.3 is 5.73 Å². The molecular weight excluding hydrogens is 192 g/mol. The molecule has 0 atom stereocenters. The number of hydrogen-bond acceptors (Lipinski definition) is 3. The minimum Gasteiger partial charge on any atom is -0.327 e. The standard InChI is InChI=1S/C11H14N2O2/c1-2-9(8-12)6-10-4-3-5-11(7-10)13(14)15/h3-7H,2,8,12H2,1H3. The van der Waals surface area contributed by atoms with Crippen molar-refractivity contribution in [1.82, 2.24) is 0 Å². The molecule has 0 radical (unpaired) electrons. The largest absolute Gasteiger partial charge is 0.327 e. The summed E-state index contributed by atoms with van der Waals surface area (Å²) < 4.78 is 0. The number of nitro benzene ring substituents is 1. The Hall–Kier alpha value is -1.68. The number of nitro groups is 1. The van der Waals surface area contributed by atoms with Gasteiger partial charge in [-0.05, 0) is 12.0 Å². The molecular formula is C11H14N2O2. The van der Waals surface area contributed by atoms with E-state index in [1.54, 1.807) is 12.1 Å². The van der Waals surface area contributed by atoms with Crippen LogP contribution in [-0.4, -0.2) is 11.5 Å². The fraction of sp³-hybridized carbons (Fsp3) is 0.273. The zero-order valence-electron chi connectivity index (χ0n) is 8.64. The highest BCUT2D eigenvalue weighted by Crippen LogP contribution is 2.16. The molecule has 0 aromatic heterocycles. The summed E-state index contributed by atoms with van der Waals surface area (Å²) in [5, 5.41) is 10.5. The van der Waals surface area contributed by atoms with Crippen LogP contribution in [-0.2, 0) is 0 Å². The molecule has 80 valence electrons. The third-order valence-corrected chi connectivity index (χ3v) is 2.17. The summed E-state index contributed by atoms with van der Waals surface area (Å²) in [5.74, 6) is 0. The quantitative estimate of drug-likeness (QED) is 0.607.